The van der Waals surface area contributed by atoms with Crippen LogP contribution in [0.5, 0.6) is 5.75 Å². The average molecular weight is 282 g/mol. The first-order chi connectivity index (χ1) is 9.56. The number of phenols is 1. The zero-order valence-corrected chi connectivity index (χ0v) is 12.1. The summed E-state index contributed by atoms with van der Waals surface area (Å²) >= 11 is 5.58. The molecule has 1 aromatic heterocycles. The van der Waals surface area contributed by atoms with Crippen molar-refractivity contribution in [2.24, 2.45) is 0 Å². The smallest absolute Gasteiger partial charge is 0.121 e. The van der Waals surface area contributed by atoms with Crippen LogP contribution >= 0.6 is 12.2 Å². The van der Waals surface area contributed by atoms with Crippen molar-refractivity contribution in [3.8, 4) is 11.4 Å². The van der Waals surface area contributed by atoms with Gasteiger partial charge in [-0.3, -0.25) is 4.57 Å². The van der Waals surface area contributed by atoms with E-state index in [4.69, 9.17) is 12.2 Å². The van der Waals surface area contributed by atoms with E-state index in [1.165, 1.54) is 5.56 Å². The van der Waals surface area contributed by atoms with Gasteiger partial charge in [0.2, 0.25) is 0 Å². The third-order valence-corrected chi connectivity index (χ3v) is 3.76. The lowest BCUT2D eigenvalue weighted by Crippen LogP contribution is -2.00. The minimum absolute atomic E-state index is 0.213. The Bertz CT molecular complexity index is 851. The van der Waals surface area contributed by atoms with Crippen LogP contribution in [0.1, 0.15) is 11.1 Å². The lowest BCUT2D eigenvalue weighted by Gasteiger charge is -2.10. The summed E-state index contributed by atoms with van der Waals surface area (Å²) in [5.74, 6) is 0.213. The second-order valence-electron chi connectivity index (χ2n) is 4.91. The number of rotatable bonds is 1. The van der Waals surface area contributed by atoms with E-state index in [2.05, 4.69) is 11.9 Å². The fourth-order valence-electron chi connectivity index (χ4n) is 2.31. The van der Waals surface area contributed by atoms with Crippen molar-refractivity contribution in [3.05, 3.63) is 58.5 Å². The van der Waals surface area contributed by atoms with Crippen LogP contribution in [-0.2, 0) is 0 Å². The molecule has 3 nitrogen and oxygen atoms in total. The minimum Gasteiger partial charge on any atom is -0.508 e. The first kappa shape index (κ1) is 12.8. The summed E-state index contributed by atoms with van der Waals surface area (Å²) in [5, 5.41) is 10.5. The summed E-state index contributed by atoms with van der Waals surface area (Å²) < 4.78 is 2.59. The lowest BCUT2D eigenvalue weighted by molar-refractivity contribution is 0.475. The van der Waals surface area contributed by atoms with E-state index in [0.29, 0.717) is 4.64 Å². The SMILES string of the molecule is Cc1ccc(-n2cnc3cc(O)cc(C)c3c2=S)cc1. The van der Waals surface area contributed by atoms with Crippen LogP contribution in [0.4, 0.5) is 0 Å². The highest BCUT2D eigenvalue weighted by Crippen LogP contribution is 2.24. The number of hydrogen-bond acceptors (Lipinski definition) is 3. The number of nitrogens with zero attached hydrogens (tertiary/aromatic N) is 2. The predicted molar refractivity (Wildman–Crippen MR) is 83.0 cm³/mol. The lowest BCUT2D eigenvalue weighted by atomic mass is 10.1. The van der Waals surface area contributed by atoms with Gasteiger partial charge in [0, 0.05) is 17.1 Å². The molecule has 2 aromatic carbocycles. The molecule has 0 saturated carbocycles. The summed E-state index contributed by atoms with van der Waals surface area (Å²) in [6, 6.07) is 11.5. The van der Waals surface area contributed by atoms with Crippen molar-refractivity contribution in [1.29, 1.82) is 0 Å². The van der Waals surface area contributed by atoms with Gasteiger partial charge in [-0.2, -0.15) is 0 Å². The molecule has 0 fully saturated rings. The number of aromatic nitrogens is 2. The molecule has 0 saturated heterocycles. The van der Waals surface area contributed by atoms with E-state index < -0.39 is 0 Å². The topological polar surface area (TPSA) is 38.0 Å². The second-order valence-corrected chi connectivity index (χ2v) is 5.30. The Morgan fingerprint density at radius 2 is 1.80 bits per heavy atom. The molecule has 1 N–H and O–H groups in total. The molecule has 0 spiro atoms. The van der Waals surface area contributed by atoms with Crippen LogP contribution in [0.25, 0.3) is 16.6 Å². The molecule has 0 unspecified atom stereocenters. The van der Waals surface area contributed by atoms with Gasteiger partial charge in [0.15, 0.2) is 0 Å². The Hall–Kier alpha value is -2.20. The molecule has 0 bridgehead atoms. The Kier molecular flexibility index (Phi) is 3.03. The molecule has 0 aliphatic carbocycles. The third-order valence-electron chi connectivity index (χ3n) is 3.36. The number of aryl methyl sites for hydroxylation is 2. The maximum absolute atomic E-state index is 9.64. The Morgan fingerprint density at radius 3 is 2.50 bits per heavy atom. The zero-order chi connectivity index (χ0) is 14.3. The number of phenolic OH excluding ortho intramolecular Hbond substituents is 1. The molecule has 1 heterocycles. The molecule has 0 atom stereocenters. The van der Waals surface area contributed by atoms with Gasteiger partial charge < -0.3 is 5.11 Å². The van der Waals surface area contributed by atoms with E-state index in [-0.39, 0.29) is 5.75 Å². The quantitative estimate of drug-likeness (QED) is 0.683. The van der Waals surface area contributed by atoms with Gasteiger partial charge in [-0.05, 0) is 37.6 Å². The van der Waals surface area contributed by atoms with Gasteiger partial charge in [0.1, 0.15) is 16.7 Å². The third kappa shape index (κ3) is 2.08. The predicted octanol–water partition coefficient (Wildman–Crippen LogP) is 4.08. The maximum Gasteiger partial charge on any atom is 0.121 e. The van der Waals surface area contributed by atoms with Gasteiger partial charge in [0.25, 0.3) is 0 Å². The van der Waals surface area contributed by atoms with Gasteiger partial charge >= 0.3 is 0 Å². The highest BCUT2D eigenvalue weighted by Gasteiger charge is 2.07. The molecular formula is C16H14N2OS. The standard InChI is InChI=1S/C16H14N2OS/c1-10-3-5-12(6-4-10)18-9-17-14-8-13(19)7-11(2)15(14)16(18)20/h3-9,19H,1-2H3. The summed E-state index contributed by atoms with van der Waals surface area (Å²) in [4.78, 5) is 4.40. The van der Waals surface area contributed by atoms with E-state index >= 15 is 0 Å². The number of hydrogen-bond donors (Lipinski definition) is 1. The summed E-state index contributed by atoms with van der Waals surface area (Å²) in [6.07, 6.45) is 1.70. The van der Waals surface area contributed by atoms with Crippen LogP contribution in [0, 0.1) is 18.5 Å². The fourth-order valence-corrected chi connectivity index (χ4v) is 2.73. The van der Waals surface area contributed by atoms with Crippen molar-refractivity contribution >= 4 is 23.1 Å². The van der Waals surface area contributed by atoms with Gasteiger partial charge in [-0.15, -0.1) is 0 Å². The molecule has 100 valence electrons. The monoisotopic (exact) mass is 282 g/mol. The van der Waals surface area contributed by atoms with Crippen LogP contribution in [0.15, 0.2) is 42.7 Å². The van der Waals surface area contributed by atoms with Crippen LogP contribution in [0.3, 0.4) is 0 Å². The molecule has 0 radical (unpaired) electrons. The Balaban J connectivity index is 2.31. The van der Waals surface area contributed by atoms with E-state index in [1.807, 2.05) is 35.8 Å². The van der Waals surface area contributed by atoms with Crippen molar-refractivity contribution in [2.75, 3.05) is 0 Å². The van der Waals surface area contributed by atoms with E-state index in [9.17, 15) is 5.11 Å². The molecule has 4 heteroatoms. The molecule has 0 amide bonds. The van der Waals surface area contributed by atoms with Crippen LogP contribution < -0.4 is 0 Å². The van der Waals surface area contributed by atoms with Crippen LogP contribution in [-0.4, -0.2) is 14.7 Å². The van der Waals surface area contributed by atoms with Gasteiger partial charge in [-0.1, -0.05) is 29.9 Å². The van der Waals surface area contributed by atoms with E-state index in [1.54, 1.807) is 18.5 Å². The molecular weight excluding hydrogens is 268 g/mol. The number of aromatic hydroxyl groups is 1. The fraction of sp³-hybridized carbons (Fsp3) is 0.125. The van der Waals surface area contributed by atoms with Crippen molar-refractivity contribution in [3.63, 3.8) is 0 Å². The minimum atomic E-state index is 0.213. The Morgan fingerprint density at radius 1 is 1.10 bits per heavy atom. The van der Waals surface area contributed by atoms with Gasteiger partial charge in [-0.25, -0.2) is 4.98 Å². The Labute approximate surface area is 122 Å². The average Bonchev–Trinajstić information content (AvgIpc) is 2.39. The van der Waals surface area contributed by atoms with E-state index in [0.717, 1.165) is 22.2 Å². The van der Waals surface area contributed by atoms with Crippen molar-refractivity contribution < 1.29 is 5.11 Å². The highest BCUT2D eigenvalue weighted by molar-refractivity contribution is 7.71. The molecule has 0 aliphatic heterocycles. The van der Waals surface area contributed by atoms with Gasteiger partial charge in [0.05, 0.1) is 5.52 Å². The number of fused-ring (bicyclic) bond motifs is 1. The van der Waals surface area contributed by atoms with Crippen molar-refractivity contribution in [2.45, 2.75) is 13.8 Å². The first-order valence-electron chi connectivity index (χ1n) is 6.34. The summed E-state index contributed by atoms with van der Waals surface area (Å²) in [5.41, 5.74) is 3.84. The second kappa shape index (κ2) is 4.72. The summed E-state index contributed by atoms with van der Waals surface area (Å²) in [6.45, 7) is 3.98. The normalized spacial score (nSPS) is 10.9. The zero-order valence-electron chi connectivity index (χ0n) is 11.3. The van der Waals surface area contributed by atoms with Crippen molar-refractivity contribution in [1.82, 2.24) is 9.55 Å². The molecule has 20 heavy (non-hydrogen) atoms. The first-order valence-corrected chi connectivity index (χ1v) is 6.75. The highest BCUT2D eigenvalue weighted by atomic mass is 32.1. The maximum atomic E-state index is 9.64. The van der Waals surface area contributed by atoms with Crippen LogP contribution in [0.2, 0.25) is 0 Å². The number of benzene rings is 2. The summed E-state index contributed by atoms with van der Waals surface area (Å²) in [7, 11) is 0. The molecule has 0 aliphatic rings. The largest absolute Gasteiger partial charge is 0.508 e. The molecule has 3 rings (SSSR count). The molecule has 3 aromatic rings.